The number of benzene rings is 2. The van der Waals surface area contributed by atoms with Crippen LogP contribution in [0.4, 0.5) is 0 Å². The van der Waals surface area contributed by atoms with E-state index in [1.165, 1.54) is 10.6 Å². The van der Waals surface area contributed by atoms with Crippen molar-refractivity contribution in [1.82, 2.24) is 14.5 Å². The molecule has 1 aliphatic rings. The van der Waals surface area contributed by atoms with Crippen molar-refractivity contribution >= 4 is 17.5 Å². The van der Waals surface area contributed by atoms with E-state index in [4.69, 9.17) is 21.3 Å². The predicted molar refractivity (Wildman–Crippen MR) is 134 cm³/mol. The summed E-state index contributed by atoms with van der Waals surface area (Å²) in [6, 6.07) is 18.7. The summed E-state index contributed by atoms with van der Waals surface area (Å²) in [4.78, 5) is 33.0. The van der Waals surface area contributed by atoms with Crippen LogP contribution in [0.15, 0.2) is 65.5 Å². The molecule has 1 amide bonds. The largest absolute Gasteiger partial charge is 0.370 e. The van der Waals surface area contributed by atoms with Crippen molar-refractivity contribution in [1.29, 1.82) is 0 Å². The number of rotatable bonds is 8. The van der Waals surface area contributed by atoms with Crippen molar-refractivity contribution in [2.75, 3.05) is 19.7 Å². The van der Waals surface area contributed by atoms with Gasteiger partial charge in [-0.2, -0.15) is 0 Å². The number of halogens is 1. The molecule has 0 spiro atoms. The van der Waals surface area contributed by atoms with Gasteiger partial charge in [-0.15, -0.1) is 0 Å². The Morgan fingerprint density at radius 2 is 1.88 bits per heavy atom. The van der Waals surface area contributed by atoms with Gasteiger partial charge in [-0.05, 0) is 24.1 Å². The van der Waals surface area contributed by atoms with Crippen LogP contribution in [0.25, 0.3) is 11.3 Å². The Morgan fingerprint density at radius 3 is 2.62 bits per heavy atom. The van der Waals surface area contributed by atoms with E-state index in [1.807, 2.05) is 42.5 Å². The number of hydrogen-bond donors (Lipinski definition) is 0. The zero-order valence-corrected chi connectivity index (χ0v) is 20.2. The predicted octanol–water partition coefficient (Wildman–Crippen LogP) is 4.90. The SMILES string of the molecule is CCCCCc1nc(-c2ccc(Cl)cc2)cc(=O)n1CC(=O)N1CCOC(c2ccccc2)C1. The van der Waals surface area contributed by atoms with Gasteiger partial charge in [-0.1, -0.05) is 73.8 Å². The number of nitrogens with zero attached hydrogens (tertiary/aromatic N) is 3. The molecule has 1 aromatic heterocycles. The van der Waals surface area contributed by atoms with Crippen LogP contribution in [0.5, 0.6) is 0 Å². The van der Waals surface area contributed by atoms with Crippen LogP contribution in [-0.2, 0) is 22.5 Å². The molecule has 1 atom stereocenters. The number of aromatic nitrogens is 2. The Kier molecular flexibility index (Phi) is 8.14. The van der Waals surface area contributed by atoms with Crippen LogP contribution in [-0.4, -0.2) is 40.1 Å². The van der Waals surface area contributed by atoms with Gasteiger partial charge in [0.2, 0.25) is 5.91 Å². The summed E-state index contributed by atoms with van der Waals surface area (Å²) in [6.45, 7) is 3.57. The van der Waals surface area contributed by atoms with Gasteiger partial charge >= 0.3 is 0 Å². The Hall–Kier alpha value is -2.96. The van der Waals surface area contributed by atoms with Crippen molar-refractivity contribution in [3.05, 3.63) is 87.4 Å². The zero-order chi connectivity index (χ0) is 23.9. The van der Waals surface area contributed by atoms with Gasteiger partial charge in [-0.3, -0.25) is 14.2 Å². The quantitative estimate of drug-likeness (QED) is 0.431. The zero-order valence-electron chi connectivity index (χ0n) is 19.5. The Bertz CT molecular complexity index is 1160. The third-order valence-corrected chi connectivity index (χ3v) is 6.37. The van der Waals surface area contributed by atoms with Crippen molar-refractivity contribution in [3.63, 3.8) is 0 Å². The topological polar surface area (TPSA) is 64.4 Å². The first-order chi connectivity index (χ1) is 16.5. The van der Waals surface area contributed by atoms with Gasteiger partial charge in [0.1, 0.15) is 18.5 Å². The second-order valence-electron chi connectivity index (χ2n) is 8.56. The number of morpholine rings is 1. The molecule has 2 heterocycles. The van der Waals surface area contributed by atoms with E-state index in [1.54, 1.807) is 17.0 Å². The van der Waals surface area contributed by atoms with Crippen LogP contribution < -0.4 is 5.56 Å². The highest BCUT2D eigenvalue weighted by atomic mass is 35.5. The summed E-state index contributed by atoms with van der Waals surface area (Å²) in [5.41, 5.74) is 2.27. The summed E-state index contributed by atoms with van der Waals surface area (Å²) in [7, 11) is 0. The molecular weight excluding hydrogens is 450 g/mol. The maximum absolute atomic E-state index is 13.2. The van der Waals surface area contributed by atoms with Crippen LogP contribution in [0.2, 0.25) is 5.02 Å². The van der Waals surface area contributed by atoms with Gasteiger partial charge in [0.05, 0.1) is 18.8 Å². The lowest BCUT2D eigenvalue weighted by Gasteiger charge is -2.33. The average Bonchev–Trinajstić information content (AvgIpc) is 2.87. The maximum atomic E-state index is 13.2. The molecular formula is C27H30ClN3O3. The van der Waals surface area contributed by atoms with Crippen molar-refractivity contribution in [2.45, 2.75) is 45.3 Å². The lowest BCUT2D eigenvalue weighted by molar-refractivity contribution is -0.139. The second-order valence-corrected chi connectivity index (χ2v) is 8.99. The molecule has 0 aliphatic carbocycles. The molecule has 1 fully saturated rings. The van der Waals surface area contributed by atoms with Crippen LogP contribution in [0, 0.1) is 0 Å². The van der Waals surface area contributed by atoms with E-state index in [-0.39, 0.29) is 24.1 Å². The Labute approximate surface area is 205 Å². The first-order valence-electron chi connectivity index (χ1n) is 11.9. The minimum Gasteiger partial charge on any atom is -0.370 e. The third-order valence-electron chi connectivity index (χ3n) is 6.12. The molecule has 3 aromatic rings. The smallest absolute Gasteiger partial charge is 0.254 e. The highest BCUT2D eigenvalue weighted by Gasteiger charge is 2.26. The standard InChI is InChI=1S/C27H30ClN3O3/c1-2-3-5-10-25-29-23(20-11-13-22(28)14-12-20)17-26(32)31(25)19-27(33)30-15-16-34-24(18-30)21-8-6-4-7-9-21/h4,6-9,11-14,17,24H,2-3,5,10,15-16,18-19H2,1H3. The molecule has 0 N–H and O–H groups in total. The summed E-state index contributed by atoms with van der Waals surface area (Å²) < 4.78 is 7.43. The molecule has 178 valence electrons. The first kappa shape index (κ1) is 24.2. The maximum Gasteiger partial charge on any atom is 0.254 e. The minimum atomic E-state index is -0.215. The fourth-order valence-electron chi connectivity index (χ4n) is 4.20. The number of aryl methyl sites for hydroxylation is 1. The van der Waals surface area contributed by atoms with Crippen LogP contribution >= 0.6 is 11.6 Å². The molecule has 34 heavy (non-hydrogen) atoms. The fraction of sp³-hybridized carbons (Fsp3) is 0.370. The molecule has 1 unspecified atom stereocenters. The molecule has 7 heteroatoms. The lowest BCUT2D eigenvalue weighted by atomic mass is 10.1. The molecule has 0 bridgehead atoms. The van der Waals surface area contributed by atoms with Gasteiger partial charge in [0.15, 0.2) is 0 Å². The number of carbonyl (C=O) groups is 1. The van der Waals surface area contributed by atoms with Gasteiger partial charge in [0, 0.05) is 29.6 Å². The molecule has 4 rings (SSSR count). The molecule has 0 saturated carbocycles. The van der Waals surface area contributed by atoms with Crippen molar-refractivity contribution in [3.8, 4) is 11.3 Å². The summed E-state index contributed by atoms with van der Waals surface area (Å²) in [6.07, 6.45) is 3.50. The van der Waals surface area contributed by atoms with Crippen molar-refractivity contribution in [2.24, 2.45) is 0 Å². The third kappa shape index (κ3) is 5.93. The summed E-state index contributed by atoms with van der Waals surface area (Å²) >= 11 is 6.01. The van der Waals surface area contributed by atoms with Crippen LogP contribution in [0.3, 0.4) is 0 Å². The van der Waals surface area contributed by atoms with Crippen molar-refractivity contribution < 1.29 is 9.53 Å². The average molecular weight is 480 g/mol. The number of ether oxygens (including phenoxy) is 1. The molecule has 0 radical (unpaired) electrons. The fourth-order valence-corrected chi connectivity index (χ4v) is 4.32. The number of unbranched alkanes of at least 4 members (excludes halogenated alkanes) is 2. The lowest BCUT2D eigenvalue weighted by Crippen LogP contribution is -2.45. The Balaban J connectivity index is 1.56. The van der Waals surface area contributed by atoms with E-state index < -0.39 is 0 Å². The molecule has 2 aromatic carbocycles. The minimum absolute atomic E-state index is 0.0182. The monoisotopic (exact) mass is 479 g/mol. The van der Waals surface area contributed by atoms with E-state index in [0.29, 0.717) is 42.7 Å². The second kappa shape index (κ2) is 11.4. The highest BCUT2D eigenvalue weighted by molar-refractivity contribution is 6.30. The number of amides is 1. The first-order valence-corrected chi connectivity index (χ1v) is 12.2. The summed E-state index contributed by atoms with van der Waals surface area (Å²) in [5, 5.41) is 0.630. The highest BCUT2D eigenvalue weighted by Crippen LogP contribution is 2.23. The van der Waals surface area contributed by atoms with Crippen LogP contribution in [0.1, 0.15) is 43.7 Å². The van der Waals surface area contributed by atoms with Gasteiger partial charge < -0.3 is 9.64 Å². The van der Waals surface area contributed by atoms with E-state index in [9.17, 15) is 9.59 Å². The van der Waals surface area contributed by atoms with Gasteiger partial charge in [0.25, 0.3) is 5.56 Å². The molecule has 1 aliphatic heterocycles. The molecule has 1 saturated heterocycles. The number of carbonyl (C=O) groups excluding carboxylic acids is 1. The summed E-state index contributed by atoms with van der Waals surface area (Å²) in [5.74, 6) is 0.552. The van der Waals surface area contributed by atoms with E-state index >= 15 is 0 Å². The number of hydrogen-bond acceptors (Lipinski definition) is 4. The Morgan fingerprint density at radius 1 is 1.12 bits per heavy atom. The van der Waals surface area contributed by atoms with Gasteiger partial charge in [-0.25, -0.2) is 4.98 Å². The normalized spacial score (nSPS) is 15.9. The van der Waals surface area contributed by atoms with E-state index in [0.717, 1.165) is 30.4 Å². The molecule has 6 nitrogen and oxygen atoms in total. The van der Waals surface area contributed by atoms with E-state index in [2.05, 4.69) is 6.92 Å².